The second kappa shape index (κ2) is 14.9. The van der Waals surface area contributed by atoms with Crippen molar-refractivity contribution in [3.63, 3.8) is 0 Å². The molecule has 0 amide bonds. The highest BCUT2D eigenvalue weighted by Gasteiger charge is 2.14. The molecule has 2 N–H and O–H groups in total. The summed E-state index contributed by atoms with van der Waals surface area (Å²) in [6.45, 7) is 10.2. The van der Waals surface area contributed by atoms with Gasteiger partial charge in [-0.15, -0.1) is 0 Å². The average molecular weight is 262 g/mol. The topological polar surface area (TPSA) is 50.0 Å². The van der Waals surface area contributed by atoms with Crippen LogP contribution in [0.2, 0.25) is 0 Å². The van der Waals surface area contributed by atoms with Gasteiger partial charge in [0.15, 0.2) is 6.29 Å². The summed E-state index contributed by atoms with van der Waals surface area (Å²) in [5.74, 6) is 0.898. The smallest absolute Gasteiger partial charge is 0.157 e. The van der Waals surface area contributed by atoms with E-state index in [1.807, 2.05) is 13.8 Å². The lowest BCUT2D eigenvalue weighted by atomic mass is 9.97. The number of ether oxygens (including phenoxy) is 2. The van der Waals surface area contributed by atoms with E-state index in [1.54, 1.807) is 0 Å². The lowest BCUT2D eigenvalue weighted by Gasteiger charge is -2.11. The summed E-state index contributed by atoms with van der Waals surface area (Å²) in [5.41, 5.74) is 0. The van der Waals surface area contributed by atoms with Crippen molar-refractivity contribution in [1.29, 1.82) is 0 Å². The van der Waals surface area contributed by atoms with Crippen LogP contribution in [0.15, 0.2) is 0 Å². The van der Waals surface area contributed by atoms with E-state index >= 15 is 0 Å². The number of unbranched alkanes of at least 4 members (excludes halogenated alkanes) is 2. The third-order valence-electron chi connectivity index (χ3n) is 3.13. The third kappa shape index (κ3) is 11.0. The molecule has 1 atom stereocenters. The minimum absolute atomic E-state index is 0. The van der Waals surface area contributed by atoms with Crippen LogP contribution in [-0.2, 0) is 9.47 Å². The Morgan fingerprint density at radius 3 is 2.11 bits per heavy atom. The van der Waals surface area contributed by atoms with Crippen molar-refractivity contribution in [3.05, 3.63) is 0 Å². The van der Waals surface area contributed by atoms with E-state index in [0.29, 0.717) is 0 Å². The second-order valence-corrected chi connectivity index (χ2v) is 4.70. The Morgan fingerprint density at radius 2 is 1.56 bits per heavy atom. The Balaban J connectivity index is 0. The van der Waals surface area contributed by atoms with Gasteiger partial charge in [0.25, 0.3) is 0 Å². The molecule has 112 valence electrons. The first kappa shape index (κ1) is 20.2. The molecule has 0 radical (unpaired) electrons. The normalized spacial score (nSPS) is 16.7. The predicted molar refractivity (Wildman–Crippen MR) is 77.8 cm³/mol. The van der Waals surface area contributed by atoms with Crippen LogP contribution < -0.4 is 0 Å². The first-order valence-electron chi connectivity index (χ1n) is 7.56. The fourth-order valence-electron chi connectivity index (χ4n) is 2.07. The Kier molecular flexibility index (Phi) is 16.8. The van der Waals surface area contributed by atoms with Gasteiger partial charge in [-0.2, -0.15) is 0 Å². The molecule has 3 nitrogen and oxygen atoms in total. The number of hydrogen-bond acceptors (Lipinski definition) is 2. The van der Waals surface area contributed by atoms with Crippen LogP contribution in [0.25, 0.3) is 0 Å². The molecule has 0 aromatic rings. The summed E-state index contributed by atoms with van der Waals surface area (Å²) in [6, 6.07) is 0. The van der Waals surface area contributed by atoms with Gasteiger partial charge >= 0.3 is 0 Å². The molecule has 0 saturated carbocycles. The zero-order chi connectivity index (χ0) is 12.9. The Labute approximate surface area is 114 Å². The molecule has 18 heavy (non-hydrogen) atoms. The number of rotatable bonds is 8. The summed E-state index contributed by atoms with van der Waals surface area (Å²) in [5, 5.41) is 0. The lowest BCUT2D eigenvalue weighted by molar-refractivity contribution is -0.0481. The maximum atomic E-state index is 5.40. The first-order chi connectivity index (χ1) is 8.33. The zero-order valence-electron chi connectivity index (χ0n) is 12.8. The van der Waals surface area contributed by atoms with Crippen LogP contribution in [0.4, 0.5) is 0 Å². The molecular formula is C15H34O3. The molecular weight excluding hydrogens is 228 g/mol. The van der Waals surface area contributed by atoms with Gasteiger partial charge in [0.1, 0.15) is 0 Å². The Morgan fingerprint density at radius 1 is 1.00 bits per heavy atom. The minimum atomic E-state index is 0. The fourth-order valence-corrected chi connectivity index (χ4v) is 2.07. The molecule has 3 heteroatoms. The highest BCUT2D eigenvalue weighted by atomic mass is 16.7. The monoisotopic (exact) mass is 262 g/mol. The standard InChI is InChI=1S/C13H26O2.C2H6.H2O/c1-3-4-7-12(2)8-5-6-9-13-14-10-11-15-13;1-2;/h12-13H,3-11H2,1-2H3;1-2H3;1H2. The Bertz CT molecular complexity index is 145. The van der Waals surface area contributed by atoms with Crippen LogP contribution >= 0.6 is 0 Å². The maximum Gasteiger partial charge on any atom is 0.157 e. The summed E-state index contributed by atoms with van der Waals surface area (Å²) in [7, 11) is 0. The van der Waals surface area contributed by atoms with Crippen molar-refractivity contribution in [2.45, 2.75) is 78.9 Å². The number of hydrogen-bond donors (Lipinski definition) is 0. The third-order valence-corrected chi connectivity index (χ3v) is 3.13. The van der Waals surface area contributed by atoms with Crippen LogP contribution in [0.1, 0.15) is 72.6 Å². The fraction of sp³-hybridized carbons (Fsp3) is 1.00. The van der Waals surface area contributed by atoms with E-state index in [1.165, 1.54) is 38.5 Å². The van der Waals surface area contributed by atoms with Gasteiger partial charge in [0.05, 0.1) is 13.2 Å². The van der Waals surface area contributed by atoms with E-state index in [9.17, 15) is 0 Å². The summed E-state index contributed by atoms with van der Waals surface area (Å²) in [6.07, 6.45) is 9.25. The zero-order valence-corrected chi connectivity index (χ0v) is 12.8. The highest BCUT2D eigenvalue weighted by molar-refractivity contribution is 4.57. The van der Waals surface area contributed by atoms with Crippen LogP contribution in [-0.4, -0.2) is 25.0 Å². The maximum absolute atomic E-state index is 5.40. The first-order valence-corrected chi connectivity index (χ1v) is 7.56. The molecule has 1 fully saturated rings. The van der Waals surface area contributed by atoms with E-state index in [2.05, 4.69) is 13.8 Å². The van der Waals surface area contributed by atoms with Gasteiger partial charge in [-0.3, -0.25) is 0 Å². The highest BCUT2D eigenvalue weighted by Crippen LogP contribution is 2.18. The van der Waals surface area contributed by atoms with Gasteiger partial charge in [0, 0.05) is 0 Å². The lowest BCUT2D eigenvalue weighted by Crippen LogP contribution is -2.07. The van der Waals surface area contributed by atoms with Crippen LogP contribution in [0.5, 0.6) is 0 Å². The molecule has 1 saturated heterocycles. The van der Waals surface area contributed by atoms with E-state index < -0.39 is 0 Å². The largest absolute Gasteiger partial charge is 0.412 e. The molecule has 1 rings (SSSR count). The van der Waals surface area contributed by atoms with Gasteiger partial charge in [-0.1, -0.05) is 59.8 Å². The molecule has 1 aliphatic rings. The second-order valence-electron chi connectivity index (χ2n) is 4.70. The van der Waals surface area contributed by atoms with Gasteiger partial charge in [-0.05, 0) is 18.8 Å². The van der Waals surface area contributed by atoms with Crippen molar-refractivity contribution in [2.75, 3.05) is 13.2 Å². The SMILES string of the molecule is CC.CCCCC(C)CCCCC1OCCO1.O. The summed E-state index contributed by atoms with van der Waals surface area (Å²) < 4.78 is 10.8. The van der Waals surface area contributed by atoms with Crippen LogP contribution in [0, 0.1) is 5.92 Å². The van der Waals surface area contributed by atoms with Crippen molar-refractivity contribution < 1.29 is 14.9 Å². The molecule has 0 spiro atoms. The van der Waals surface area contributed by atoms with E-state index in [0.717, 1.165) is 25.6 Å². The van der Waals surface area contributed by atoms with Crippen molar-refractivity contribution >= 4 is 0 Å². The molecule has 0 aromatic carbocycles. The van der Waals surface area contributed by atoms with Gasteiger partial charge < -0.3 is 14.9 Å². The molecule has 1 heterocycles. The van der Waals surface area contributed by atoms with Crippen molar-refractivity contribution in [2.24, 2.45) is 5.92 Å². The van der Waals surface area contributed by atoms with Gasteiger partial charge in [-0.25, -0.2) is 0 Å². The average Bonchev–Trinajstić information content (AvgIpc) is 2.87. The van der Waals surface area contributed by atoms with E-state index in [4.69, 9.17) is 9.47 Å². The summed E-state index contributed by atoms with van der Waals surface area (Å²) >= 11 is 0. The van der Waals surface area contributed by atoms with Crippen LogP contribution in [0.3, 0.4) is 0 Å². The molecule has 1 aliphatic heterocycles. The van der Waals surface area contributed by atoms with Crippen molar-refractivity contribution in [1.82, 2.24) is 0 Å². The molecule has 0 aromatic heterocycles. The molecule has 0 bridgehead atoms. The molecule has 1 unspecified atom stereocenters. The Hall–Kier alpha value is -0.120. The summed E-state index contributed by atoms with van der Waals surface area (Å²) in [4.78, 5) is 0. The minimum Gasteiger partial charge on any atom is -0.412 e. The molecule has 0 aliphatic carbocycles. The quantitative estimate of drug-likeness (QED) is 0.622. The van der Waals surface area contributed by atoms with Gasteiger partial charge in [0.2, 0.25) is 0 Å². The van der Waals surface area contributed by atoms with E-state index in [-0.39, 0.29) is 11.8 Å². The predicted octanol–water partition coefficient (Wildman–Crippen LogP) is 3.95. The van der Waals surface area contributed by atoms with Crippen molar-refractivity contribution in [3.8, 4) is 0 Å².